The Morgan fingerprint density at radius 1 is 1.29 bits per heavy atom. The minimum absolute atomic E-state index is 0.838. The minimum atomic E-state index is 0.838. The van der Waals surface area contributed by atoms with Crippen molar-refractivity contribution in [1.82, 2.24) is 10.1 Å². The molecule has 0 saturated carbocycles. The molecular weight excluding hydrogens is 198 g/mol. The van der Waals surface area contributed by atoms with Gasteiger partial charge >= 0.3 is 0 Å². The van der Waals surface area contributed by atoms with E-state index >= 15 is 0 Å². The van der Waals surface area contributed by atoms with Gasteiger partial charge in [0.2, 0.25) is 4.90 Å². The molecule has 14 heavy (non-hydrogen) atoms. The molecule has 1 aliphatic rings. The SMILES string of the molecule is c1nc2c(N3CCCCC3)noc2s1. The van der Waals surface area contributed by atoms with E-state index in [4.69, 9.17) is 4.52 Å². The fourth-order valence-corrected chi connectivity index (χ4v) is 2.48. The van der Waals surface area contributed by atoms with Gasteiger partial charge in [0, 0.05) is 13.1 Å². The van der Waals surface area contributed by atoms with E-state index in [0.717, 1.165) is 29.3 Å². The summed E-state index contributed by atoms with van der Waals surface area (Å²) in [6.45, 7) is 2.16. The quantitative estimate of drug-likeness (QED) is 0.722. The van der Waals surface area contributed by atoms with Crippen molar-refractivity contribution in [2.75, 3.05) is 18.0 Å². The van der Waals surface area contributed by atoms with Gasteiger partial charge in [0.25, 0.3) is 0 Å². The number of hydrogen-bond donors (Lipinski definition) is 0. The highest BCUT2D eigenvalue weighted by Gasteiger charge is 2.19. The van der Waals surface area contributed by atoms with Crippen LogP contribution in [-0.2, 0) is 0 Å². The van der Waals surface area contributed by atoms with Crippen LogP contribution in [0.1, 0.15) is 19.3 Å². The van der Waals surface area contributed by atoms with Crippen molar-refractivity contribution in [3.05, 3.63) is 5.51 Å². The fourth-order valence-electron chi connectivity index (χ4n) is 1.89. The summed E-state index contributed by atoms with van der Waals surface area (Å²) in [4.78, 5) is 7.39. The molecule has 2 aromatic rings. The Morgan fingerprint density at radius 2 is 2.14 bits per heavy atom. The number of thiazole rings is 1. The Balaban J connectivity index is 1.99. The molecule has 0 atom stereocenters. The summed E-state index contributed by atoms with van der Waals surface area (Å²) in [7, 11) is 0. The highest BCUT2D eigenvalue weighted by Crippen LogP contribution is 2.29. The predicted molar refractivity (Wildman–Crippen MR) is 55.7 cm³/mol. The Labute approximate surface area is 85.5 Å². The molecule has 0 bridgehead atoms. The topological polar surface area (TPSA) is 42.2 Å². The Bertz CT molecular complexity index is 430. The van der Waals surface area contributed by atoms with E-state index in [1.165, 1.54) is 30.6 Å². The molecule has 3 rings (SSSR count). The summed E-state index contributed by atoms with van der Waals surface area (Å²) >= 11 is 1.51. The lowest BCUT2D eigenvalue weighted by Gasteiger charge is -2.25. The predicted octanol–water partition coefficient (Wildman–Crippen LogP) is 2.27. The molecule has 3 heterocycles. The molecule has 0 spiro atoms. The molecule has 0 aliphatic carbocycles. The van der Waals surface area contributed by atoms with Crippen LogP contribution in [0, 0.1) is 0 Å². The van der Waals surface area contributed by atoms with E-state index < -0.39 is 0 Å². The highest BCUT2D eigenvalue weighted by atomic mass is 32.1. The second-order valence-corrected chi connectivity index (χ2v) is 4.36. The first-order valence-corrected chi connectivity index (χ1v) is 5.77. The number of aromatic nitrogens is 2. The van der Waals surface area contributed by atoms with Crippen LogP contribution in [0.5, 0.6) is 0 Å². The summed E-state index contributed by atoms with van der Waals surface area (Å²) < 4.78 is 5.21. The molecule has 0 amide bonds. The maximum Gasteiger partial charge on any atom is 0.242 e. The van der Waals surface area contributed by atoms with Crippen molar-refractivity contribution in [1.29, 1.82) is 0 Å². The summed E-state index contributed by atoms with van der Waals surface area (Å²) in [6, 6.07) is 0. The minimum Gasteiger partial charge on any atom is -0.352 e. The molecule has 4 nitrogen and oxygen atoms in total. The third-order valence-corrected chi connectivity index (χ3v) is 3.31. The van der Waals surface area contributed by atoms with Gasteiger partial charge in [-0.25, -0.2) is 4.98 Å². The maximum atomic E-state index is 5.21. The second kappa shape index (κ2) is 3.24. The van der Waals surface area contributed by atoms with E-state index in [0.29, 0.717) is 0 Å². The molecule has 74 valence electrons. The Kier molecular flexibility index (Phi) is 1.90. The standard InChI is InChI=1S/C9H11N3OS/c1-2-4-12(5-3-1)8-7-9(13-11-8)14-6-10-7/h6H,1-5H2. The monoisotopic (exact) mass is 209 g/mol. The Hall–Kier alpha value is -1.10. The molecule has 1 saturated heterocycles. The maximum absolute atomic E-state index is 5.21. The fraction of sp³-hybridized carbons (Fsp3) is 0.556. The smallest absolute Gasteiger partial charge is 0.242 e. The number of rotatable bonds is 1. The number of nitrogens with zero attached hydrogens (tertiary/aromatic N) is 3. The first-order chi connectivity index (χ1) is 6.95. The van der Waals surface area contributed by atoms with E-state index in [2.05, 4.69) is 15.0 Å². The first-order valence-electron chi connectivity index (χ1n) is 4.89. The van der Waals surface area contributed by atoms with Gasteiger partial charge in [-0.1, -0.05) is 16.5 Å². The average Bonchev–Trinajstić information content (AvgIpc) is 2.79. The number of hydrogen-bond acceptors (Lipinski definition) is 5. The van der Waals surface area contributed by atoms with Gasteiger partial charge in [0.05, 0.1) is 5.51 Å². The number of anilines is 1. The zero-order valence-electron chi connectivity index (χ0n) is 7.77. The van der Waals surface area contributed by atoms with Crippen LogP contribution < -0.4 is 4.90 Å². The number of piperidine rings is 1. The Morgan fingerprint density at radius 3 is 3.00 bits per heavy atom. The van der Waals surface area contributed by atoms with Crippen LogP contribution in [-0.4, -0.2) is 23.2 Å². The average molecular weight is 209 g/mol. The van der Waals surface area contributed by atoms with Crippen molar-refractivity contribution < 1.29 is 4.52 Å². The van der Waals surface area contributed by atoms with E-state index in [9.17, 15) is 0 Å². The molecule has 0 radical (unpaired) electrons. The largest absolute Gasteiger partial charge is 0.352 e. The van der Waals surface area contributed by atoms with Crippen LogP contribution in [0.4, 0.5) is 5.82 Å². The van der Waals surface area contributed by atoms with E-state index in [-0.39, 0.29) is 0 Å². The van der Waals surface area contributed by atoms with Gasteiger partial charge in [-0.3, -0.25) is 0 Å². The molecule has 0 unspecified atom stereocenters. The molecular formula is C9H11N3OS. The van der Waals surface area contributed by atoms with E-state index in [1.54, 1.807) is 0 Å². The lowest BCUT2D eigenvalue weighted by molar-refractivity contribution is 0.454. The van der Waals surface area contributed by atoms with Crippen LogP contribution in [0.25, 0.3) is 10.4 Å². The third kappa shape index (κ3) is 1.19. The normalized spacial score (nSPS) is 17.9. The molecule has 0 aromatic carbocycles. The van der Waals surface area contributed by atoms with Crippen molar-refractivity contribution in [2.45, 2.75) is 19.3 Å². The first kappa shape index (κ1) is 8.23. The highest BCUT2D eigenvalue weighted by molar-refractivity contribution is 7.16. The molecule has 5 heteroatoms. The van der Waals surface area contributed by atoms with Crippen LogP contribution >= 0.6 is 11.3 Å². The summed E-state index contributed by atoms with van der Waals surface area (Å²) in [6.07, 6.45) is 3.82. The molecule has 1 fully saturated rings. The van der Waals surface area contributed by atoms with Gasteiger partial charge in [-0.05, 0) is 19.3 Å². The third-order valence-electron chi connectivity index (χ3n) is 2.62. The zero-order valence-corrected chi connectivity index (χ0v) is 8.59. The van der Waals surface area contributed by atoms with Crippen molar-refractivity contribution in [3.8, 4) is 0 Å². The second-order valence-electron chi connectivity index (χ2n) is 3.54. The van der Waals surface area contributed by atoms with Crippen molar-refractivity contribution in [2.24, 2.45) is 0 Å². The van der Waals surface area contributed by atoms with Gasteiger partial charge in [-0.15, -0.1) is 0 Å². The molecule has 1 aliphatic heterocycles. The van der Waals surface area contributed by atoms with Crippen molar-refractivity contribution >= 4 is 27.6 Å². The summed E-state index contributed by atoms with van der Waals surface area (Å²) in [5.41, 5.74) is 2.74. The number of fused-ring (bicyclic) bond motifs is 1. The molecule has 0 N–H and O–H groups in total. The summed E-state index contributed by atoms with van der Waals surface area (Å²) in [5, 5.41) is 4.08. The van der Waals surface area contributed by atoms with Gasteiger partial charge < -0.3 is 9.42 Å². The van der Waals surface area contributed by atoms with Crippen LogP contribution in [0.3, 0.4) is 0 Å². The van der Waals surface area contributed by atoms with Crippen molar-refractivity contribution in [3.63, 3.8) is 0 Å². The summed E-state index contributed by atoms with van der Waals surface area (Å²) in [5.74, 6) is 0.931. The van der Waals surface area contributed by atoms with E-state index in [1.807, 2.05) is 5.51 Å². The van der Waals surface area contributed by atoms with Crippen LogP contribution in [0.15, 0.2) is 10.0 Å². The molecule has 2 aromatic heterocycles. The lowest BCUT2D eigenvalue weighted by atomic mass is 10.1. The van der Waals surface area contributed by atoms with Gasteiger partial charge in [-0.2, -0.15) is 0 Å². The lowest BCUT2D eigenvalue weighted by Crippen LogP contribution is -2.29. The van der Waals surface area contributed by atoms with Gasteiger partial charge in [0.1, 0.15) is 0 Å². The van der Waals surface area contributed by atoms with Crippen LogP contribution in [0.2, 0.25) is 0 Å². The zero-order chi connectivity index (χ0) is 9.38. The van der Waals surface area contributed by atoms with Gasteiger partial charge in [0.15, 0.2) is 11.3 Å².